The number of aromatic nitrogens is 2. The second-order valence-corrected chi connectivity index (χ2v) is 5.23. The lowest BCUT2D eigenvalue weighted by atomic mass is 10.2. The summed E-state index contributed by atoms with van der Waals surface area (Å²) >= 11 is 2.33. The van der Waals surface area contributed by atoms with Crippen LogP contribution in [0.15, 0.2) is 24.4 Å². The molecule has 1 aromatic heterocycles. The van der Waals surface area contributed by atoms with Crippen LogP contribution in [0.3, 0.4) is 0 Å². The Labute approximate surface area is 120 Å². The molecule has 18 heavy (non-hydrogen) atoms. The summed E-state index contributed by atoms with van der Waals surface area (Å²) in [7, 11) is 1.81. The molecule has 0 radical (unpaired) electrons. The highest BCUT2D eigenvalue weighted by Gasteiger charge is 2.04. The Morgan fingerprint density at radius 1 is 1.17 bits per heavy atom. The van der Waals surface area contributed by atoms with Crippen molar-refractivity contribution in [2.75, 3.05) is 17.7 Å². The molecule has 0 saturated heterocycles. The first kappa shape index (κ1) is 13.1. The van der Waals surface area contributed by atoms with Crippen LogP contribution in [0.5, 0.6) is 0 Å². The number of aryl methyl sites for hydroxylation is 2. The van der Waals surface area contributed by atoms with Crippen LogP contribution >= 0.6 is 22.6 Å². The predicted molar refractivity (Wildman–Crippen MR) is 83.5 cm³/mol. The van der Waals surface area contributed by atoms with Crippen molar-refractivity contribution in [3.8, 4) is 0 Å². The Morgan fingerprint density at radius 2 is 1.94 bits per heavy atom. The molecule has 5 heteroatoms. The number of halogens is 1. The molecule has 0 aliphatic carbocycles. The second-order valence-electron chi connectivity index (χ2n) is 4.06. The number of rotatable bonds is 3. The summed E-state index contributed by atoms with van der Waals surface area (Å²) in [6, 6.07) is 6.26. The molecule has 2 aromatic rings. The van der Waals surface area contributed by atoms with Crippen LogP contribution in [-0.2, 0) is 0 Å². The molecule has 0 bridgehead atoms. The number of anilines is 3. The summed E-state index contributed by atoms with van der Waals surface area (Å²) in [4.78, 5) is 8.57. The predicted octanol–water partition coefficient (Wildman–Crippen LogP) is 3.48. The van der Waals surface area contributed by atoms with Gasteiger partial charge in [-0.15, -0.1) is 0 Å². The van der Waals surface area contributed by atoms with Crippen LogP contribution in [0.1, 0.15) is 11.1 Å². The quantitative estimate of drug-likeness (QED) is 0.829. The maximum atomic E-state index is 4.40. The van der Waals surface area contributed by atoms with Crippen LogP contribution in [0.2, 0.25) is 0 Å². The maximum absolute atomic E-state index is 4.40. The average Bonchev–Trinajstić information content (AvgIpc) is 2.36. The van der Waals surface area contributed by atoms with E-state index in [-0.39, 0.29) is 0 Å². The number of nitrogens with zero attached hydrogens (tertiary/aromatic N) is 2. The lowest BCUT2D eigenvalue weighted by Crippen LogP contribution is -2.02. The minimum absolute atomic E-state index is 0.616. The number of benzene rings is 1. The number of hydrogen-bond donors (Lipinski definition) is 2. The van der Waals surface area contributed by atoms with Crippen LogP contribution in [0.25, 0.3) is 0 Å². The van der Waals surface area contributed by atoms with Gasteiger partial charge >= 0.3 is 0 Å². The average molecular weight is 354 g/mol. The highest BCUT2D eigenvalue weighted by Crippen LogP contribution is 2.22. The molecule has 1 heterocycles. The minimum Gasteiger partial charge on any atom is -0.357 e. The van der Waals surface area contributed by atoms with Crippen molar-refractivity contribution in [2.45, 2.75) is 13.8 Å². The number of hydrogen-bond acceptors (Lipinski definition) is 4. The molecule has 2 rings (SSSR count). The lowest BCUT2D eigenvalue weighted by Gasteiger charge is -2.10. The van der Waals surface area contributed by atoms with Crippen molar-refractivity contribution >= 4 is 40.0 Å². The molecule has 0 atom stereocenters. The first-order valence-corrected chi connectivity index (χ1v) is 6.72. The molecule has 1 aromatic carbocycles. The Bertz CT molecular complexity index is 569. The minimum atomic E-state index is 0.616. The van der Waals surface area contributed by atoms with E-state index >= 15 is 0 Å². The topological polar surface area (TPSA) is 49.8 Å². The Kier molecular flexibility index (Phi) is 4.00. The smallest absolute Gasteiger partial charge is 0.224 e. The van der Waals surface area contributed by atoms with Gasteiger partial charge in [0.15, 0.2) is 0 Å². The van der Waals surface area contributed by atoms with Gasteiger partial charge < -0.3 is 10.6 Å². The SMILES string of the molecule is CNc1ncc(C)c(Nc2ccc(C)c(I)c2)n1. The zero-order valence-electron chi connectivity index (χ0n) is 10.6. The summed E-state index contributed by atoms with van der Waals surface area (Å²) in [5, 5.41) is 6.26. The first-order chi connectivity index (χ1) is 8.60. The zero-order chi connectivity index (χ0) is 13.1. The van der Waals surface area contributed by atoms with Gasteiger partial charge in [0.1, 0.15) is 5.82 Å². The molecule has 0 saturated carbocycles. The standard InChI is InChI=1S/C13H15IN4/c1-8-4-5-10(6-11(8)14)17-12-9(2)7-16-13(15-3)18-12/h4-7H,1-3H3,(H2,15,16,17,18). The van der Waals surface area contributed by atoms with Gasteiger partial charge in [0.25, 0.3) is 0 Å². The summed E-state index contributed by atoms with van der Waals surface area (Å²) in [5.41, 5.74) is 3.33. The highest BCUT2D eigenvalue weighted by atomic mass is 127. The van der Waals surface area contributed by atoms with Gasteiger partial charge in [-0.05, 0) is 54.1 Å². The summed E-state index contributed by atoms with van der Waals surface area (Å²) < 4.78 is 1.23. The molecule has 0 unspecified atom stereocenters. The molecular weight excluding hydrogens is 339 g/mol. The Hall–Kier alpha value is -1.37. The van der Waals surface area contributed by atoms with E-state index in [1.807, 2.05) is 14.0 Å². The summed E-state index contributed by atoms with van der Waals surface area (Å²) in [6.45, 7) is 4.08. The van der Waals surface area contributed by atoms with Gasteiger partial charge in [-0.2, -0.15) is 4.98 Å². The zero-order valence-corrected chi connectivity index (χ0v) is 12.7. The normalized spacial score (nSPS) is 10.2. The molecule has 0 amide bonds. The fourth-order valence-corrected chi connectivity index (χ4v) is 2.01. The first-order valence-electron chi connectivity index (χ1n) is 5.64. The molecule has 0 aliphatic rings. The summed E-state index contributed by atoms with van der Waals surface area (Å²) in [5.74, 6) is 1.44. The Morgan fingerprint density at radius 3 is 2.61 bits per heavy atom. The van der Waals surface area contributed by atoms with E-state index in [0.29, 0.717) is 5.95 Å². The van der Waals surface area contributed by atoms with Gasteiger partial charge in [-0.3, -0.25) is 0 Å². The van der Waals surface area contributed by atoms with Crippen molar-refractivity contribution in [1.29, 1.82) is 0 Å². The molecule has 0 aliphatic heterocycles. The van der Waals surface area contributed by atoms with E-state index in [9.17, 15) is 0 Å². The van der Waals surface area contributed by atoms with Gasteiger partial charge in [0.05, 0.1) is 0 Å². The van der Waals surface area contributed by atoms with Crippen molar-refractivity contribution < 1.29 is 0 Å². The highest BCUT2D eigenvalue weighted by molar-refractivity contribution is 14.1. The van der Waals surface area contributed by atoms with E-state index in [4.69, 9.17) is 0 Å². The van der Waals surface area contributed by atoms with E-state index < -0.39 is 0 Å². The Balaban J connectivity index is 2.30. The van der Waals surface area contributed by atoms with Gasteiger partial charge in [0, 0.05) is 28.1 Å². The molecule has 0 fully saturated rings. The van der Waals surface area contributed by atoms with E-state index in [1.54, 1.807) is 6.20 Å². The van der Waals surface area contributed by atoms with Crippen LogP contribution in [0, 0.1) is 17.4 Å². The largest absolute Gasteiger partial charge is 0.357 e. The second kappa shape index (κ2) is 5.51. The van der Waals surface area contributed by atoms with Gasteiger partial charge in [-0.25, -0.2) is 4.98 Å². The molecular formula is C13H15IN4. The fraction of sp³-hybridized carbons (Fsp3) is 0.231. The lowest BCUT2D eigenvalue weighted by molar-refractivity contribution is 1.12. The van der Waals surface area contributed by atoms with Crippen molar-refractivity contribution in [2.24, 2.45) is 0 Å². The van der Waals surface area contributed by atoms with E-state index in [2.05, 4.69) is 68.3 Å². The molecule has 2 N–H and O–H groups in total. The van der Waals surface area contributed by atoms with E-state index in [1.165, 1.54) is 9.13 Å². The van der Waals surface area contributed by atoms with Crippen LogP contribution < -0.4 is 10.6 Å². The van der Waals surface area contributed by atoms with Crippen molar-refractivity contribution in [1.82, 2.24) is 9.97 Å². The monoisotopic (exact) mass is 354 g/mol. The van der Waals surface area contributed by atoms with E-state index in [0.717, 1.165) is 17.1 Å². The number of nitrogens with one attached hydrogen (secondary N) is 2. The molecule has 0 spiro atoms. The van der Waals surface area contributed by atoms with Gasteiger partial charge in [-0.1, -0.05) is 6.07 Å². The van der Waals surface area contributed by atoms with Crippen molar-refractivity contribution in [3.05, 3.63) is 39.1 Å². The van der Waals surface area contributed by atoms with Crippen molar-refractivity contribution in [3.63, 3.8) is 0 Å². The summed E-state index contributed by atoms with van der Waals surface area (Å²) in [6.07, 6.45) is 1.81. The third kappa shape index (κ3) is 2.90. The molecule has 4 nitrogen and oxygen atoms in total. The van der Waals surface area contributed by atoms with Crippen LogP contribution in [0.4, 0.5) is 17.5 Å². The third-order valence-electron chi connectivity index (χ3n) is 2.63. The maximum Gasteiger partial charge on any atom is 0.224 e. The third-order valence-corrected chi connectivity index (χ3v) is 3.79. The van der Waals surface area contributed by atoms with Gasteiger partial charge in [0.2, 0.25) is 5.95 Å². The fourth-order valence-electron chi connectivity index (χ4n) is 1.50. The molecule has 94 valence electrons. The van der Waals surface area contributed by atoms with Crippen LogP contribution in [-0.4, -0.2) is 17.0 Å².